The van der Waals surface area contributed by atoms with Crippen molar-refractivity contribution in [3.8, 4) is 0 Å². The van der Waals surface area contributed by atoms with E-state index in [9.17, 15) is 13.2 Å². The predicted molar refractivity (Wildman–Crippen MR) is 72.4 cm³/mol. The van der Waals surface area contributed by atoms with E-state index in [0.29, 0.717) is 6.54 Å². The maximum absolute atomic E-state index is 11.5. The van der Waals surface area contributed by atoms with Crippen LogP contribution in [0.25, 0.3) is 0 Å². The SMILES string of the molecule is CN(C)S(=O)(=O)CCC(=O)NCCN1CCOCC1. The molecule has 1 rings (SSSR count). The molecule has 0 spiro atoms. The van der Waals surface area contributed by atoms with Crippen LogP contribution in [-0.4, -0.2) is 82.8 Å². The molecule has 0 bridgehead atoms. The molecule has 8 heteroatoms. The first-order chi connectivity index (χ1) is 8.92. The van der Waals surface area contributed by atoms with Gasteiger partial charge < -0.3 is 10.1 Å². The van der Waals surface area contributed by atoms with Crippen molar-refractivity contribution in [3.05, 3.63) is 0 Å². The summed E-state index contributed by atoms with van der Waals surface area (Å²) in [5, 5.41) is 2.74. The van der Waals surface area contributed by atoms with Crippen LogP contribution in [0.15, 0.2) is 0 Å². The minimum atomic E-state index is -3.29. The Kier molecular flexibility index (Phi) is 6.70. The first-order valence-electron chi connectivity index (χ1n) is 6.39. The lowest BCUT2D eigenvalue weighted by Gasteiger charge is -2.26. The van der Waals surface area contributed by atoms with Crippen LogP contribution in [-0.2, 0) is 19.6 Å². The monoisotopic (exact) mass is 293 g/mol. The number of rotatable bonds is 7. The molecule has 0 saturated carbocycles. The molecule has 0 aromatic carbocycles. The summed E-state index contributed by atoms with van der Waals surface area (Å²) in [7, 11) is -0.365. The van der Waals surface area contributed by atoms with Gasteiger partial charge in [0.2, 0.25) is 15.9 Å². The molecule has 0 aromatic heterocycles. The molecule has 1 saturated heterocycles. The number of nitrogens with zero attached hydrogens (tertiary/aromatic N) is 2. The molecule has 1 N–H and O–H groups in total. The van der Waals surface area contributed by atoms with Crippen molar-refractivity contribution in [1.29, 1.82) is 0 Å². The maximum atomic E-state index is 11.5. The van der Waals surface area contributed by atoms with Crippen molar-refractivity contribution >= 4 is 15.9 Å². The summed E-state index contributed by atoms with van der Waals surface area (Å²) < 4.78 is 29.3. The Balaban J connectivity index is 2.14. The highest BCUT2D eigenvalue weighted by molar-refractivity contribution is 7.89. The largest absolute Gasteiger partial charge is 0.379 e. The number of hydrogen-bond acceptors (Lipinski definition) is 5. The average Bonchev–Trinajstić information content (AvgIpc) is 2.37. The van der Waals surface area contributed by atoms with Gasteiger partial charge in [-0.2, -0.15) is 0 Å². The van der Waals surface area contributed by atoms with Crippen LogP contribution < -0.4 is 5.32 Å². The highest BCUT2D eigenvalue weighted by atomic mass is 32.2. The predicted octanol–water partition coefficient (Wildman–Crippen LogP) is -1.28. The fraction of sp³-hybridized carbons (Fsp3) is 0.909. The highest BCUT2D eigenvalue weighted by Crippen LogP contribution is 1.97. The van der Waals surface area contributed by atoms with E-state index in [1.165, 1.54) is 14.1 Å². The number of carbonyl (C=O) groups excluding carboxylic acids is 1. The topological polar surface area (TPSA) is 79.0 Å². The second-order valence-corrected chi connectivity index (χ2v) is 6.95. The molecule has 0 unspecified atom stereocenters. The average molecular weight is 293 g/mol. The summed E-state index contributed by atoms with van der Waals surface area (Å²) in [4.78, 5) is 13.7. The zero-order valence-electron chi connectivity index (χ0n) is 11.6. The van der Waals surface area contributed by atoms with E-state index in [4.69, 9.17) is 4.74 Å². The molecule has 1 aliphatic rings. The quantitative estimate of drug-likeness (QED) is 0.632. The smallest absolute Gasteiger partial charge is 0.221 e. The van der Waals surface area contributed by atoms with Crippen LogP contribution >= 0.6 is 0 Å². The number of morpholine rings is 1. The first kappa shape index (κ1) is 16.4. The van der Waals surface area contributed by atoms with Crippen LogP contribution in [0.2, 0.25) is 0 Å². The standard InChI is InChI=1S/C11H23N3O4S/c1-13(2)19(16,17)10-3-11(15)12-4-5-14-6-8-18-9-7-14/h3-10H2,1-2H3,(H,12,15). The molecule has 7 nitrogen and oxygen atoms in total. The number of ether oxygens (including phenoxy) is 1. The van der Waals surface area contributed by atoms with Crippen LogP contribution in [0.5, 0.6) is 0 Å². The van der Waals surface area contributed by atoms with E-state index in [1.807, 2.05) is 0 Å². The summed E-state index contributed by atoms with van der Waals surface area (Å²) in [5.74, 6) is -0.373. The van der Waals surface area contributed by atoms with E-state index in [-0.39, 0.29) is 18.1 Å². The van der Waals surface area contributed by atoms with Crippen LogP contribution in [0.3, 0.4) is 0 Å². The molecule has 0 radical (unpaired) electrons. The van der Waals surface area contributed by atoms with Gasteiger partial charge in [-0.05, 0) is 0 Å². The molecular formula is C11H23N3O4S. The Bertz CT molecular complexity index is 377. The third-order valence-corrected chi connectivity index (χ3v) is 4.83. The van der Waals surface area contributed by atoms with Crippen molar-refractivity contribution in [2.24, 2.45) is 0 Å². The Morgan fingerprint density at radius 1 is 1.32 bits per heavy atom. The van der Waals surface area contributed by atoms with E-state index >= 15 is 0 Å². The normalized spacial score (nSPS) is 17.6. The zero-order chi connectivity index (χ0) is 14.3. The van der Waals surface area contributed by atoms with E-state index in [1.54, 1.807) is 0 Å². The Labute approximate surface area is 114 Å². The third kappa shape index (κ3) is 6.33. The van der Waals surface area contributed by atoms with Crippen molar-refractivity contribution in [1.82, 2.24) is 14.5 Å². The van der Waals surface area contributed by atoms with Crippen LogP contribution in [0, 0.1) is 0 Å². The number of sulfonamides is 1. The minimum absolute atomic E-state index is 0.00360. The second-order valence-electron chi connectivity index (χ2n) is 4.65. The van der Waals surface area contributed by atoms with Gasteiger partial charge in [0.05, 0.1) is 19.0 Å². The van der Waals surface area contributed by atoms with Crippen LogP contribution in [0.4, 0.5) is 0 Å². The van der Waals surface area contributed by atoms with Gasteiger partial charge in [0.15, 0.2) is 0 Å². The van der Waals surface area contributed by atoms with Crippen molar-refractivity contribution < 1.29 is 17.9 Å². The van der Waals surface area contributed by atoms with Crippen LogP contribution in [0.1, 0.15) is 6.42 Å². The molecule has 1 amide bonds. The van der Waals surface area contributed by atoms with Gasteiger partial charge in [0.25, 0.3) is 0 Å². The molecule has 112 valence electrons. The van der Waals surface area contributed by atoms with E-state index in [0.717, 1.165) is 37.2 Å². The summed E-state index contributed by atoms with van der Waals surface area (Å²) in [6.07, 6.45) is 0.00360. The van der Waals surface area contributed by atoms with Gasteiger partial charge in [0.1, 0.15) is 0 Å². The molecular weight excluding hydrogens is 270 g/mol. The van der Waals surface area contributed by atoms with Gasteiger partial charge >= 0.3 is 0 Å². The second kappa shape index (κ2) is 7.78. The molecule has 0 aromatic rings. The number of hydrogen-bond donors (Lipinski definition) is 1. The summed E-state index contributed by atoms with van der Waals surface area (Å²) in [6, 6.07) is 0. The summed E-state index contributed by atoms with van der Waals surface area (Å²) in [6.45, 7) is 4.54. The van der Waals surface area contributed by atoms with Gasteiger partial charge in [-0.25, -0.2) is 12.7 Å². The summed E-state index contributed by atoms with van der Waals surface area (Å²) in [5.41, 5.74) is 0. The minimum Gasteiger partial charge on any atom is -0.379 e. The molecule has 1 heterocycles. The lowest BCUT2D eigenvalue weighted by atomic mass is 10.4. The zero-order valence-corrected chi connectivity index (χ0v) is 12.4. The van der Waals surface area contributed by atoms with Gasteiger partial charge in [-0.1, -0.05) is 0 Å². The molecule has 1 fully saturated rings. The van der Waals surface area contributed by atoms with Crippen molar-refractivity contribution in [2.75, 3.05) is 59.2 Å². The first-order valence-corrected chi connectivity index (χ1v) is 8.00. The Hall–Kier alpha value is -0.700. The molecule has 19 heavy (non-hydrogen) atoms. The van der Waals surface area contributed by atoms with Gasteiger partial charge in [-0.15, -0.1) is 0 Å². The fourth-order valence-electron chi connectivity index (χ4n) is 1.67. The lowest BCUT2D eigenvalue weighted by Crippen LogP contribution is -2.41. The molecule has 0 aliphatic carbocycles. The number of nitrogens with one attached hydrogen (secondary N) is 1. The summed E-state index contributed by atoms with van der Waals surface area (Å²) >= 11 is 0. The molecule has 1 aliphatic heterocycles. The van der Waals surface area contributed by atoms with Gasteiger partial charge in [-0.3, -0.25) is 9.69 Å². The van der Waals surface area contributed by atoms with Crippen molar-refractivity contribution in [2.45, 2.75) is 6.42 Å². The van der Waals surface area contributed by atoms with Crippen molar-refractivity contribution in [3.63, 3.8) is 0 Å². The number of amides is 1. The van der Waals surface area contributed by atoms with E-state index in [2.05, 4.69) is 10.2 Å². The van der Waals surface area contributed by atoms with E-state index < -0.39 is 10.0 Å². The Morgan fingerprint density at radius 2 is 1.95 bits per heavy atom. The third-order valence-electron chi connectivity index (χ3n) is 3.00. The highest BCUT2D eigenvalue weighted by Gasteiger charge is 2.16. The lowest BCUT2D eigenvalue weighted by molar-refractivity contribution is -0.120. The molecule has 0 atom stereocenters. The fourth-order valence-corrected chi connectivity index (χ4v) is 2.48. The maximum Gasteiger partial charge on any atom is 0.221 e. The number of carbonyl (C=O) groups is 1. The van der Waals surface area contributed by atoms with Gasteiger partial charge in [0, 0.05) is 46.7 Å². The Morgan fingerprint density at radius 3 is 2.53 bits per heavy atom.